The standard InChI is InChI=1S/C20H20F3N3O/c1-12-18-16(19(22)23)9-17(24-20(18)27-25-12)14-5-3-7-26(11-14)10-13-4-2-6-15(21)8-13/h2,4,6,8-9,14,19H,3,5,7,10-11H2,1H3/t14-/m0/s1. The van der Waals surface area contributed by atoms with E-state index in [4.69, 9.17) is 4.52 Å². The highest BCUT2D eigenvalue weighted by Crippen LogP contribution is 2.34. The van der Waals surface area contributed by atoms with Crippen molar-refractivity contribution in [2.24, 2.45) is 0 Å². The van der Waals surface area contributed by atoms with Crippen LogP contribution in [-0.4, -0.2) is 28.1 Å². The summed E-state index contributed by atoms with van der Waals surface area (Å²) in [7, 11) is 0. The van der Waals surface area contributed by atoms with Crippen molar-refractivity contribution in [1.29, 1.82) is 0 Å². The summed E-state index contributed by atoms with van der Waals surface area (Å²) >= 11 is 0. The molecule has 0 aliphatic carbocycles. The van der Waals surface area contributed by atoms with E-state index < -0.39 is 6.43 Å². The van der Waals surface area contributed by atoms with E-state index in [1.54, 1.807) is 13.0 Å². The Bertz CT molecular complexity index is 957. The van der Waals surface area contributed by atoms with Gasteiger partial charge in [0.1, 0.15) is 5.82 Å². The molecule has 1 aromatic carbocycles. The summed E-state index contributed by atoms with van der Waals surface area (Å²) in [5.41, 5.74) is 2.03. The Morgan fingerprint density at radius 3 is 2.93 bits per heavy atom. The van der Waals surface area contributed by atoms with Gasteiger partial charge < -0.3 is 4.52 Å². The average Bonchev–Trinajstić information content (AvgIpc) is 3.02. The molecule has 0 unspecified atom stereocenters. The van der Waals surface area contributed by atoms with Crippen molar-refractivity contribution in [3.8, 4) is 0 Å². The van der Waals surface area contributed by atoms with Crippen LogP contribution in [-0.2, 0) is 6.54 Å². The number of pyridine rings is 1. The molecular formula is C20H20F3N3O. The van der Waals surface area contributed by atoms with Crippen molar-refractivity contribution >= 4 is 11.1 Å². The van der Waals surface area contributed by atoms with Crippen LogP contribution in [0.3, 0.4) is 0 Å². The third kappa shape index (κ3) is 3.69. The number of likely N-dealkylation sites (tertiary alicyclic amines) is 1. The molecule has 1 saturated heterocycles. The smallest absolute Gasteiger partial charge is 0.264 e. The number of rotatable bonds is 4. The summed E-state index contributed by atoms with van der Waals surface area (Å²) in [4.78, 5) is 6.68. The molecule has 2 aromatic heterocycles. The predicted molar refractivity (Wildman–Crippen MR) is 95.2 cm³/mol. The quantitative estimate of drug-likeness (QED) is 0.644. The lowest BCUT2D eigenvalue weighted by molar-refractivity contribution is 0.152. The van der Waals surface area contributed by atoms with E-state index in [-0.39, 0.29) is 23.0 Å². The van der Waals surface area contributed by atoms with Gasteiger partial charge in [-0.15, -0.1) is 0 Å². The average molecular weight is 375 g/mol. The lowest BCUT2D eigenvalue weighted by Crippen LogP contribution is -2.34. The number of hydrogen-bond donors (Lipinski definition) is 0. The second kappa shape index (κ2) is 7.31. The van der Waals surface area contributed by atoms with E-state index in [2.05, 4.69) is 15.0 Å². The molecule has 27 heavy (non-hydrogen) atoms. The molecule has 1 atom stereocenters. The van der Waals surface area contributed by atoms with Crippen molar-refractivity contribution in [3.63, 3.8) is 0 Å². The molecule has 1 aliphatic rings. The zero-order chi connectivity index (χ0) is 19.0. The Morgan fingerprint density at radius 2 is 2.15 bits per heavy atom. The van der Waals surface area contributed by atoms with Gasteiger partial charge in [0, 0.05) is 30.3 Å². The largest absolute Gasteiger partial charge is 0.336 e. The fraction of sp³-hybridized carbons (Fsp3) is 0.400. The highest BCUT2D eigenvalue weighted by atomic mass is 19.3. The van der Waals surface area contributed by atoms with Gasteiger partial charge in [-0.05, 0) is 50.1 Å². The maximum absolute atomic E-state index is 13.6. The number of benzene rings is 1. The van der Waals surface area contributed by atoms with E-state index in [1.807, 2.05) is 6.07 Å². The number of hydrogen-bond acceptors (Lipinski definition) is 4. The van der Waals surface area contributed by atoms with Crippen LogP contribution in [0.4, 0.5) is 13.2 Å². The maximum Gasteiger partial charge on any atom is 0.264 e. The van der Waals surface area contributed by atoms with Crippen molar-refractivity contribution in [2.75, 3.05) is 13.1 Å². The number of alkyl halides is 2. The zero-order valence-corrected chi connectivity index (χ0v) is 15.0. The molecule has 3 aromatic rings. The van der Waals surface area contributed by atoms with E-state index in [1.165, 1.54) is 18.2 Å². The van der Waals surface area contributed by atoms with Gasteiger partial charge in [0.05, 0.1) is 11.1 Å². The third-order valence-electron chi connectivity index (χ3n) is 5.12. The summed E-state index contributed by atoms with van der Waals surface area (Å²) in [6.07, 6.45) is -0.813. The van der Waals surface area contributed by atoms with Gasteiger partial charge >= 0.3 is 0 Å². The lowest BCUT2D eigenvalue weighted by atomic mass is 9.92. The number of aromatic nitrogens is 2. The molecule has 4 nitrogen and oxygen atoms in total. The Hall–Kier alpha value is -2.41. The normalized spacial score (nSPS) is 18.5. The lowest BCUT2D eigenvalue weighted by Gasteiger charge is -2.32. The highest BCUT2D eigenvalue weighted by molar-refractivity contribution is 5.80. The maximum atomic E-state index is 13.6. The van der Waals surface area contributed by atoms with Gasteiger partial charge in [0.15, 0.2) is 0 Å². The molecule has 7 heteroatoms. The molecule has 4 rings (SSSR count). The van der Waals surface area contributed by atoms with Gasteiger partial charge in [-0.3, -0.25) is 4.90 Å². The van der Waals surface area contributed by atoms with E-state index in [9.17, 15) is 13.2 Å². The summed E-state index contributed by atoms with van der Waals surface area (Å²) in [6.45, 7) is 3.84. The van der Waals surface area contributed by atoms with Gasteiger partial charge in [0.2, 0.25) is 0 Å². The first-order chi connectivity index (χ1) is 13.0. The second-order valence-electron chi connectivity index (χ2n) is 7.09. The Morgan fingerprint density at radius 1 is 1.30 bits per heavy atom. The topological polar surface area (TPSA) is 42.2 Å². The fourth-order valence-corrected chi connectivity index (χ4v) is 3.86. The van der Waals surface area contributed by atoms with Gasteiger partial charge in [-0.25, -0.2) is 18.2 Å². The molecule has 0 amide bonds. The second-order valence-corrected chi connectivity index (χ2v) is 7.09. The predicted octanol–water partition coefficient (Wildman–Crippen LogP) is 4.99. The summed E-state index contributed by atoms with van der Waals surface area (Å²) in [5.74, 6) is -0.227. The number of halogens is 3. The van der Waals surface area contributed by atoms with Crippen LogP contribution < -0.4 is 0 Å². The van der Waals surface area contributed by atoms with Crippen molar-refractivity contribution < 1.29 is 17.7 Å². The molecule has 0 spiro atoms. The fourth-order valence-electron chi connectivity index (χ4n) is 3.86. The Balaban J connectivity index is 1.59. The van der Waals surface area contributed by atoms with Crippen LogP contribution in [0.2, 0.25) is 0 Å². The summed E-state index contributed by atoms with van der Waals surface area (Å²) in [5, 5.41) is 4.09. The minimum Gasteiger partial charge on any atom is -0.336 e. The molecule has 0 N–H and O–H groups in total. The number of aryl methyl sites for hydroxylation is 1. The molecule has 0 bridgehead atoms. The van der Waals surface area contributed by atoms with E-state index in [0.29, 0.717) is 29.9 Å². The van der Waals surface area contributed by atoms with Crippen LogP contribution in [0.1, 0.15) is 47.7 Å². The van der Waals surface area contributed by atoms with Gasteiger partial charge in [-0.1, -0.05) is 17.3 Å². The minimum absolute atomic E-state index is 0.0274. The van der Waals surface area contributed by atoms with Crippen LogP contribution in [0.5, 0.6) is 0 Å². The van der Waals surface area contributed by atoms with Crippen molar-refractivity contribution in [2.45, 2.75) is 38.7 Å². The minimum atomic E-state index is -2.61. The first-order valence-corrected chi connectivity index (χ1v) is 9.03. The van der Waals surface area contributed by atoms with Gasteiger partial charge in [-0.2, -0.15) is 0 Å². The Kier molecular flexibility index (Phi) is 4.86. The highest BCUT2D eigenvalue weighted by Gasteiger charge is 2.26. The molecule has 142 valence electrons. The molecule has 3 heterocycles. The Labute approximate surface area is 155 Å². The number of fused-ring (bicyclic) bond motifs is 1. The summed E-state index contributed by atoms with van der Waals surface area (Å²) < 4.78 is 45.7. The first kappa shape index (κ1) is 18.0. The molecule has 0 saturated carbocycles. The first-order valence-electron chi connectivity index (χ1n) is 9.03. The van der Waals surface area contributed by atoms with Gasteiger partial charge in [0.25, 0.3) is 12.1 Å². The number of nitrogens with zero attached hydrogens (tertiary/aromatic N) is 3. The van der Waals surface area contributed by atoms with Crippen LogP contribution in [0.25, 0.3) is 11.1 Å². The van der Waals surface area contributed by atoms with Crippen molar-refractivity contribution in [3.05, 3.63) is 58.7 Å². The van der Waals surface area contributed by atoms with Crippen molar-refractivity contribution in [1.82, 2.24) is 15.0 Å². The molecular weight excluding hydrogens is 355 g/mol. The SMILES string of the molecule is Cc1noc2nc([C@H]3CCCN(Cc4cccc(F)c4)C3)cc(C(F)F)c12. The van der Waals surface area contributed by atoms with Crippen LogP contribution >= 0.6 is 0 Å². The zero-order valence-electron chi connectivity index (χ0n) is 15.0. The number of piperidine rings is 1. The summed E-state index contributed by atoms with van der Waals surface area (Å²) in [6, 6.07) is 8.03. The van der Waals surface area contributed by atoms with Crippen LogP contribution in [0, 0.1) is 12.7 Å². The monoisotopic (exact) mass is 375 g/mol. The third-order valence-corrected chi connectivity index (χ3v) is 5.12. The van der Waals surface area contributed by atoms with E-state index in [0.717, 1.165) is 24.9 Å². The molecule has 0 radical (unpaired) electrons. The molecule has 1 fully saturated rings. The molecule has 1 aliphatic heterocycles. The van der Waals surface area contributed by atoms with E-state index >= 15 is 0 Å². The van der Waals surface area contributed by atoms with Crippen LogP contribution in [0.15, 0.2) is 34.9 Å².